The van der Waals surface area contributed by atoms with Crippen LogP contribution in [-0.4, -0.2) is 51.1 Å². The van der Waals surface area contributed by atoms with E-state index in [2.05, 4.69) is 9.97 Å². The van der Waals surface area contributed by atoms with E-state index >= 15 is 0 Å². The molecule has 0 unspecified atom stereocenters. The number of amides is 1. The van der Waals surface area contributed by atoms with E-state index in [1.165, 1.54) is 10.5 Å². The lowest BCUT2D eigenvalue weighted by atomic mass is 9.98. The number of rotatable bonds is 8. The van der Waals surface area contributed by atoms with Crippen LogP contribution in [0.3, 0.4) is 0 Å². The van der Waals surface area contributed by atoms with Crippen LogP contribution in [0.15, 0.2) is 72.4 Å². The molecule has 1 aliphatic rings. The maximum atomic E-state index is 12.5. The van der Waals surface area contributed by atoms with Crippen LogP contribution in [0.25, 0.3) is 0 Å². The maximum absolute atomic E-state index is 12.5. The molecule has 1 saturated heterocycles. The zero-order valence-electron chi connectivity index (χ0n) is 17.3. The normalized spacial score (nSPS) is 14.4. The minimum Gasteiger partial charge on any atom is -0.413 e. The van der Waals surface area contributed by atoms with Crippen molar-refractivity contribution in [2.75, 3.05) is 25.4 Å². The number of imidazole rings is 1. The molecule has 1 aromatic carbocycles. The summed E-state index contributed by atoms with van der Waals surface area (Å²) in [6.45, 7) is 1.99. The van der Waals surface area contributed by atoms with Gasteiger partial charge in [-0.2, -0.15) is 4.73 Å². The van der Waals surface area contributed by atoms with E-state index in [0.717, 1.165) is 25.0 Å². The van der Waals surface area contributed by atoms with Gasteiger partial charge in [-0.05, 0) is 55.0 Å². The Kier molecular flexibility index (Phi) is 7.44. The van der Waals surface area contributed by atoms with E-state index < -0.39 is 0 Å². The van der Waals surface area contributed by atoms with Crippen LogP contribution in [0, 0.1) is 5.92 Å². The predicted molar refractivity (Wildman–Crippen MR) is 119 cm³/mol. The summed E-state index contributed by atoms with van der Waals surface area (Å²) in [5.41, 5.74) is 1.22. The topological polar surface area (TPSA) is 69.5 Å². The van der Waals surface area contributed by atoms with Crippen LogP contribution in [0.1, 0.15) is 18.4 Å². The minimum absolute atomic E-state index is 0.282. The van der Waals surface area contributed by atoms with Gasteiger partial charge >= 0.3 is 6.09 Å². The van der Waals surface area contributed by atoms with Crippen LogP contribution in [0.2, 0.25) is 0 Å². The number of carbonyl (C=O) groups is 1. The highest BCUT2D eigenvalue weighted by molar-refractivity contribution is 7.99. The van der Waals surface area contributed by atoms with Crippen molar-refractivity contribution in [2.45, 2.75) is 24.2 Å². The number of aromatic nitrogens is 3. The van der Waals surface area contributed by atoms with Gasteiger partial charge in [0, 0.05) is 42.3 Å². The lowest BCUT2D eigenvalue weighted by molar-refractivity contribution is 0.0541. The molecule has 0 spiro atoms. The van der Waals surface area contributed by atoms with Gasteiger partial charge in [-0.3, -0.25) is 4.98 Å². The predicted octanol–water partition coefficient (Wildman–Crippen LogP) is 3.95. The van der Waals surface area contributed by atoms with Crippen molar-refractivity contribution >= 4 is 17.9 Å². The first-order valence-corrected chi connectivity index (χ1v) is 11.4. The number of hydrogen-bond donors (Lipinski definition) is 0. The Morgan fingerprint density at radius 3 is 2.52 bits per heavy atom. The fourth-order valence-corrected chi connectivity index (χ4v) is 4.30. The second kappa shape index (κ2) is 10.9. The van der Waals surface area contributed by atoms with Crippen molar-refractivity contribution in [3.63, 3.8) is 0 Å². The second-order valence-corrected chi connectivity index (χ2v) is 8.61. The van der Waals surface area contributed by atoms with Gasteiger partial charge in [0.1, 0.15) is 18.7 Å². The average molecular weight is 439 g/mol. The number of pyridine rings is 1. The third-order valence-corrected chi connectivity index (χ3v) is 6.26. The number of benzene rings is 1. The van der Waals surface area contributed by atoms with Crippen LogP contribution in [-0.2, 0) is 6.42 Å². The first-order chi connectivity index (χ1) is 15.3. The molecule has 31 heavy (non-hydrogen) atoms. The highest BCUT2D eigenvalue weighted by Gasteiger charge is 2.24. The van der Waals surface area contributed by atoms with Gasteiger partial charge < -0.3 is 14.5 Å². The van der Waals surface area contributed by atoms with Gasteiger partial charge in [0.15, 0.2) is 0 Å². The van der Waals surface area contributed by atoms with E-state index in [9.17, 15) is 4.79 Å². The molecule has 1 fully saturated rings. The van der Waals surface area contributed by atoms with Gasteiger partial charge in [0.25, 0.3) is 0 Å². The Labute approximate surface area is 186 Å². The molecule has 1 aliphatic heterocycles. The highest BCUT2D eigenvalue weighted by Crippen LogP contribution is 2.21. The summed E-state index contributed by atoms with van der Waals surface area (Å²) in [7, 11) is 0. The molecule has 3 aromatic rings. The Morgan fingerprint density at radius 2 is 1.81 bits per heavy atom. The maximum Gasteiger partial charge on any atom is 0.415 e. The van der Waals surface area contributed by atoms with Crippen LogP contribution in [0.4, 0.5) is 4.79 Å². The number of likely N-dealkylation sites (tertiary alicyclic amines) is 1. The third kappa shape index (κ3) is 6.49. The van der Waals surface area contributed by atoms with E-state index in [1.54, 1.807) is 40.1 Å². The summed E-state index contributed by atoms with van der Waals surface area (Å²) >= 11 is 1.81. The molecule has 8 heteroatoms. The summed E-state index contributed by atoms with van der Waals surface area (Å²) in [4.78, 5) is 29.1. The molecule has 0 atom stereocenters. The molecule has 3 heterocycles. The smallest absolute Gasteiger partial charge is 0.413 e. The lowest BCUT2D eigenvalue weighted by Crippen LogP contribution is -2.41. The molecule has 0 saturated carbocycles. The van der Waals surface area contributed by atoms with Crippen molar-refractivity contribution in [1.29, 1.82) is 0 Å². The van der Waals surface area contributed by atoms with E-state index in [0.29, 0.717) is 31.4 Å². The zero-order valence-corrected chi connectivity index (χ0v) is 18.1. The summed E-state index contributed by atoms with van der Waals surface area (Å²) in [6, 6.07) is 11.8. The number of carbonyl (C=O) groups excluding carboxylic acids is 1. The molecule has 162 valence electrons. The second-order valence-electron chi connectivity index (χ2n) is 7.44. The minimum atomic E-state index is -0.282. The fraction of sp³-hybridized carbons (Fsp3) is 0.348. The monoisotopic (exact) mass is 438 g/mol. The highest BCUT2D eigenvalue weighted by atomic mass is 32.2. The SMILES string of the molecule is O=C(Oc1ccc(CCSc2ccncc2)cc1)N1CCC(COn2ccnc2)CC1. The largest absolute Gasteiger partial charge is 0.415 e. The summed E-state index contributed by atoms with van der Waals surface area (Å²) < 4.78 is 7.18. The van der Waals surface area contributed by atoms with Gasteiger partial charge in [-0.15, -0.1) is 11.8 Å². The number of ether oxygens (including phenoxy) is 1. The van der Waals surface area contributed by atoms with Crippen molar-refractivity contribution in [1.82, 2.24) is 19.6 Å². The lowest BCUT2D eigenvalue weighted by Gasteiger charge is -2.30. The van der Waals surface area contributed by atoms with Crippen LogP contribution >= 0.6 is 11.8 Å². The number of piperidine rings is 1. The molecular formula is C23H26N4O3S. The summed E-state index contributed by atoms with van der Waals surface area (Å²) in [5.74, 6) is 2.00. The van der Waals surface area contributed by atoms with Crippen LogP contribution in [0.5, 0.6) is 5.75 Å². The third-order valence-electron chi connectivity index (χ3n) is 5.25. The number of hydrogen-bond acceptors (Lipinski definition) is 6. The Balaban J connectivity index is 1.16. The van der Waals surface area contributed by atoms with Gasteiger partial charge in [-0.1, -0.05) is 12.1 Å². The molecule has 4 rings (SSSR count). The van der Waals surface area contributed by atoms with E-state index in [4.69, 9.17) is 9.57 Å². The Morgan fingerprint density at radius 1 is 1.03 bits per heavy atom. The zero-order chi connectivity index (χ0) is 21.3. The Bertz CT molecular complexity index is 927. The fourth-order valence-electron chi connectivity index (χ4n) is 3.41. The molecule has 0 radical (unpaired) electrons. The number of aryl methyl sites for hydroxylation is 1. The first kappa shape index (κ1) is 21.2. The first-order valence-electron chi connectivity index (χ1n) is 10.5. The van der Waals surface area contributed by atoms with Crippen molar-refractivity contribution in [3.05, 3.63) is 73.1 Å². The molecule has 0 bridgehead atoms. The standard InChI is InChI=1S/C23H26N4O3S/c28-23(26-13-7-20(8-14-26)17-29-27-15-12-25-18-27)30-21-3-1-19(2-4-21)9-16-31-22-5-10-24-11-6-22/h1-6,10-12,15,18,20H,7-9,13-14,16-17H2. The van der Waals surface area contributed by atoms with E-state index in [-0.39, 0.29) is 6.09 Å². The van der Waals surface area contributed by atoms with Gasteiger partial charge in [0.2, 0.25) is 0 Å². The molecule has 7 nitrogen and oxygen atoms in total. The van der Waals surface area contributed by atoms with Crippen LogP contribution < -0.4 is 9.57 Å². The molecule has 2 aromatic heterocycles. The quantitative estimate of drug-likeness (QED) is 0.496. The number of nitrogens with zero attached hydrogens (tertiary/aromatic N) is 4. The van der Waals surface area contributed by atoms with Crippen molar-refractivity contribution < 1.29 is 14.4 Å². The van der Waals surface area contributed by atoms with Crippen molar-refractivity contribution in [2.24, 2.45) is 5.92 Å². The Hall–Kier alpha value is -3.00. The van der Waals surface area contributed by atoms with E-state index in [1.807, 2.05) is 48.8 Å². The number of thioether (sulfide) groups is 1. The van der Waals surface area contributed by atoms with Gasteiger partial charge in [-0.25, -0.2) is 9.78 Å². The average Bonchev–Trinajstić information content (AvgIpc) is 3.34. The van der Waals surface area contributed by atoms with Gasteiger partial charge in [0.05, 0.1) is 6.20 Å². The molecule has 0 N–H and O–H groups in total. The molecular weight excluding hydrogens is 412 g/mol. The summed E-state index contributed by atoms with van der Waals surface area (Å²) in [6.07, 6.45) is 11.2. The van der Waals surface area contributed by atoms with Crippen molar-refractivity contribution in [3.8, 4) is 5.75 Å². The molecule has 1 amide bonds. The summed E-state index contributed by atoms with van der Waals surface area (Å²) in [5, 5.41) is 0. The molecule has 0 aliphatic carbocycles.